The van der Waals surface area contributed by atoms with Crippen LogP contribution in [-0.2, 0) is 4.74 Å². The molecule has 10 nitrogen and oxygen atoms in total. The first-order valence-corrected chi connectivity index (χ1v) is 11.6. The van der Waals surface area contributed by atoms with Crippen molar-refractivity contribution in [1.29, 1.82) is 0 Å². The van der Waals surface area contributed by atoms with Gasteiger partial charge in [-0.2, -0.15) is 0 Å². The van der Waals surface area contributed by atoms with Crippen LogP contribution in [0.4, 0.5) is 22.1 Å². The highest BCUT2D eigenvalue weighted by Gasteiger charge is 2.26. The van der Waals surface area contributed by atoms with Gasteiger partial charge in [0.25, 0.3) is 0 Å². The monoisotopic (exact) mass is 472 g/mol. The molecule has 0 bridgehead atoms. The molecule has 4 aromatic rings. The summed E-state index contributed by atoms with van der Waals surface area (Å²) in [6.45, 7) is 8.27. The number of piperazine rings is 1. The van der Waals surface area contributed by atoms with Gasteiger partial charge in [-0.1, -0.05) is 12.1 Å². The molecular formula is C25H28N8O2. The molecule has 1 N–H and O–H groups in total. The van der Waals surface area contributed by atoms with E-state index < -0.39 is 5.60 Å². The Balaban J connectivity index is 1.37. The number of carbonyl (C=O) groups is 1. The average molecular weight is 473 g/mol. The van der Waals surface area contributed by atoms with Crippen LogP contribution in [0.1, 0.15) is 20.8 Å². The van der Waals surface area contributed by atoms with E-state index in [4.69, 9.17) is 9.84 Å². The Morgan fingerprint density at radius 3 is 2.54 bits per heavy atom. The van der Waals surface area contributed by atoms with Crippen LogP contribution in [-0.4, -0.2) is 67.5 Å². The van der Waals surface area contributed by atoms with E-state index in [0.717, 1.165) is 16.6 Å². The molecule has 0 radical (unpaired) electrons. The number of carbonyl (C=O) groups excluding carboxylic acids is 1. The van der Waals surface area contributed by atoms with Crippen molar-refractivity contribution in [2.45, 2.75) is 26.4 Å². The Hall–Kier alpha value is -4.21. The number of ether oxygens (including phenoxy) is 1. The van der Waals surface area contributed by atoms with E-state index in [1.165, 1.54) is 0 Å². The minimum atomic E-state index is -0.498. The summed E-state index contributed by atoms with van der Waals surface area (Å²) < 4.78 is 7.34. The lowest BCUT2D eigenvalue weighted by atomic mass is 10.2. The van der Waals surface area contributed by atoms with E-state index in [-0.39, 0.29) is 6.09 Å². The van der Waals surface area contributed by atoms with Gasteiger partial charge in [-0.25, -0.2) is 19.4 Å². The summed E-state index contributed by atoms with van der Waals surface area (Å²) in [6.07, 6.45) is 6.44. The van der Waals surface area contributed by atoms with Gasteiger partial charge in [0.1, 0.15) is 11.4 Å². The zero-order valence-electron chi connectivity index (χ0n) is 20.0. The van der Waals surface area contributed by atoms with Crippen LogP contribution >= 0.6 is 0 Å². The van der Waals surface area contributed by atoms with Crippen LogP contribution in [0.15, 0.2) is 61.2 Å². The smallest absolute Gasteiger partial charge is 0.410 e. The van der Waals surface area contributed by atoms with Crippen molar-refractivity contribution >= 4 is 34.3 Å². The Kier molecular flexibility index (Phi) is 5.94. The van der Waals surface area contributed by atoms with Crippen molar-refractivity contribution in [3.8, 4) is 5.82 Å². The van der Waals surface area contributed by atoms with Crippen LogP contribution in [0, 0.1) is 0 Å². The molecule has 1 amide bonds. The second-order valence-corrected chi connectivity index (χ2v) is 9.32. The maximum Gasteiger partial charge on any atom is 0.410 e. The quantitative estimate of drug-likeness (QED) is 0.475. The molecule has 0 saturated carbocycles. The number of pyridine rings is 1. The van der Waals surface area contributed by atoms with Gasteiger partial charge < -0.3 is 19.9 Å². The molecule has 35 heavy (non-hydrogen) atoms. The van der Waals surface area contributed by atoms with E-state index in [2.05, 4.69) is 25.2 Å². The highest BCUT2D eigenvalue weighted by atomic mass is 16.6. The molecule has 180 valence electrons. The molecule has 0 aliphatic carbocycles. The van der Waals surface area contributed by atoms with Crippen molar-refractivity contribution in [3.63, 3.8) is 0 Å². The SMILES string of the molecule is CC(C)(C)OC(=O)N1CCN(c2ccnc(-n3nc(Nc4cnccn4)c4ccccc43)c2)CC1. The number of hydrogen-bond acceptors (Lipinski definition) is 8. The van der Waals surface area contributed by atoms with Crippen molar-refractivity contribution in [1.82, 2.24) is 29.6 Å². The van der Waals surface area contributed by atoms with Crippen molar-refractivity contribution in [3.05, 3.63) is 61.2 Å². The number of benzene rings is 1. The van der Waals surface area contributed by atoms with Crippen LogP contribution in [0.3, 0.4) is 0 Å². The van der Waals surface area contributed by atoms with E-state index >= 15 is 0 Å². The Bertz CT molecular complexity index is 1320. The lowest BCUT2D eigenvalue weighted by Gasteiger charge is -2.36. The number of fused-ring (bicyclic) bond motifs is 1. The van der Waals surface area contributed by atoms with E-state index in [9.17, 15) is 4.79 Å². The van der Waals surface area contributed by atoms with E-state index in [1.807, 2.05) is 61.9 Å². The highest BCUT2D eigenvalue weighted by Crippen LogP contribution is 2.28. The molecule has 0 spiro atoms. The summed E-state index contributed by atoms with van der Waals surface area (Å²) in [7, 11) is 0. The summed E-state index contributed by atoms with van der Waals surface area (Å²) in [4.78, 5) is 29.4. The van der Waals surface area contributed by atoms with Gasteiger partial charge in [0.2, 0.25) is 0 Å². The second-order valence-electron chi connectivity index (χ2n) is 9.32. The van der Waals surface area contributed by atoms with Crippen molar-refractivity contribution in [2.24, 2.45) is 0 Å². The minimum absolute atomic E-state index is 0.265. The molecule has 10 heteroatoms. The first-order chi connectivity index (χ1) is 16.9. The van der Waals surface area contributed by atoms with Crippen molar-refractivity contribution < 1.29 is 9.53 Å². The lowest BCUT2D eigenvalue weighted by Crippen LogP contribution is -2.50. The Morgan fingerprint density at radius 1 is 1.00 bits per heavy atom. The third-order valence-electron chi connectivity index (χ3n) is 5.64. The maximum absolute atomic E-state index is 12.4. The van der Waals surface area contributed by atoms with Crippen molar-refractivity contribution in [2.75, 3.05) is 36.4 Å². The molecule has 1 aliphatic heterocycles. The topological polar surface area (TPSA) is 101 Å². The fourth-order valence-corrected chi connectivity index (χ4v) is 4.01. The Morgan fingerprint density at radius 2 is 1.80 bits per heavy atom. The lowest BCUT2D eigenvalue weighted by molar-refractivity contribution is 0.0240. The Labute approximate surface area is 203 Å². The van der Waals surface area contributed by atoms with Crippen LogP contribution in [0.25, 0.3) is 16.7 Å². The van der Waals surface area contributed by atoms with Gasteiger partial charge in [0, 0.05) is 61.9 Å². The first kappa shape index (κ1) is 22.6. The number of aromatic nitrogens is 5. The zero-order chi connectivity index (χ0) is 24.4. The molecule has 1 saturated heterocycles. The van der Waals surface area contributed by atoms with E-state index in [0.29, 0.717) is 43.6 Å². The van der Waals surface area contributed by atoms with Gasteiger partial charge in [-0.15, -0.1) is 5.10 Å². The molecule has 3 aromatic heterocycles. The minimum Gasteiger partial charge on any atom is -0.444 e. The van der Waals surface area contributed by atoms with Crippen LogP contribution < -0.4 is 10.2 Å². The number of hydrogen-bond donors (Lipinski definition) is 1. The second kappa shape index (κ2) is 9.21. The number of nitrogens with zero attached hydrogens (tertiary/aromatic N) is 7. The number of para-hydroxylation sites is 1. The predicted octanol–water partition coefficient (Wildman–Crippen LogP) is 4.01. The fourth-order valence-electron chi connectivity index (χ4n) is 4.01. The van der Waals surface area contributed by atoms with Gasteiger partial charge >= 0.3 is 6.09 Å². The van der Waals surface area contributed by atoms with Gasteiger partial charge in [-0.05, 0) is 39.0 Å². The largest absolute Gasteiger partial charge is 0.444 e. The number of rotatable bonds is 4. The molecule has 4 heterocycles. The fraction of sp³-hybridized carbons (Fsp3) is 0.320. The number of amides is 1. The van der Waals surface area contributed by atoms with Crippen LogP contribution in [0.2, 0.25) is 0 Å². The standard InChI is InChI=1S/C25H28N8O2/c1-25(2,3)35-24(34)32-14-12-31(13-15-32)18-8-9-28-22(16-18)33-20-7-5-4-6-19(20)23(30-33)29-21-17-26-10-11-27-21/h4-11,16-17H,12-15H2,1-3H3,(H,27,29,30). The first-order valence-electron chi connectivity index (χ1n) is 11.6. The summed E-state index contributed by atoms with van der Waals surface area (Å²) in [5.41, 5.74) is 1.46. The van der Waals surface area contributed by atoms with Gasteiger partial charge in [-0.3, -0.25) is 4.98 Å². The molecule has 1 aromatic carbocycles. The van der Waals surface area contributed by atoms with Gasteiger partial charge in [0.05, 0.1) is 11.7 Å². The average Bonchev–Trinajstić information content (AvgIpc) is 3.22. The van der Waals surface area contributed by atoms with Crippen LogP contribution in [0.5, 0.6) is 0 Å². The highest BCUT2D eigenvalue weighted by molar-refractivity contribution is 5.92. The summed E-state index contributed by atoms with van der Waals surface area (Å²) >= 11 is 0. The molecular weight excluding hydrogens is 444 g/mol. The molecule has 0 unspecified atom stereocenters. The summed E-state index contributed by atoms with van der Waals surface area (Å²) in [5.74, 6) is 2.01. The van der Waals surface area contributed by atoms with E-state index in [1.54, 1.807) is 29.7 Å². The van der Waals surface area contributed by atoms with Gasteiger partial charge in [0.15, 0.2) is 11.6 Å². The third-order valence-corrected chi connectivity index (χ3v) is 5.64. The normalized spacial score (nSPS) is 14.3. The molecule has 0 atom stereocenters. The number of anilines is 3. The maximum atomic E-state index is 12.4. The molecule has 5 rings (SSSR count). The predicted molar refractivity (Wildman–Crippen MR) is 134 cm³/mol. The number of nitrogens with one attached hydrogen (secondary N) is 1. The third kappa shape index (κ3) is 5.01. The summed E-state index contributed by atoms with van der Waals surface area (Å²) in [6, 6.07) is 12.0. The molecule has 1 fully saturated rings. The molecule has 1 aliphatic rings. The zero-order valence-corrected chi connectivity index (χ0v) is 20.0. The summed E-state index contributed by atoms with van der Waals surface area (Å²) in [5, 5.41) is 9.01.